The van der Waals surface area contributed by atoms with E-state index in [2.05, 4.69) is 20.2 Å². The van der Waals surface area contributed by atoms with Crippen molar-refractivity contribution in [3.63, 3.8) is 0 Å². The third kappa shape index (κ3) is 3.99. The van der Waals surface area contributed by atoms with Crippen LogP contribution in [0.1, 0.15) is 6.42 Å². The molecule has 24 heavy (non-hydrogen) atoms. The highest BCUT2D eigenvalue weighted by atomic mass is 35.5. The highest BCUT2D eigenvalue weighted by molar-refractivity contribution is 6.42. The summed E-state index contributed by atoms with van der Waals surface area (Å²) in [5, 5.41) is 7.51. The largest absolute Gasteiger partial charge is 0.338 e. The molecule has 124 valence electrons. The van der Waals surface area contributed by atoms with Crippen molar-refractivity contribution in [3.05, 3.63) is 58.8 Å². The first-order valence-corrected chi connectivity index (χ1v) is 8.29. The number of anilines is 1. The van der Waals surface area contributed by atoms with E-state index in [9.17, 15) is 4.79 Å². The fourth-order valence-corrected chi connectivity index (χ4v) is 2.70. The van der Waals surface area contributed by atoms with Gasteiger partial charge in [-0.3, -0.25) is 0 Å². The van der Waals surface area contributed by atoms with E-state index in [4.69, 9.17) is 23.2 Å². The summed E-state index contributed by atoms with van der Waals surface area (Å²) in [5.41, 5.74) is 1.56. The Balaban J connectivity index is 1.46. The van der Waals surface area contributed by atoms with Gasteiger partial charge in [0.2, 0.25) is 0 Å². The van der Waals surface area contributed by atoms with Gasteiger partial charge in [-0.1, -0.05) is 23.2 Å². The summed E-state index contributed by atoms with van der Waals surface area (Å²) in [6.07, 6.45) is 4.59. The van der Waals surface area contributed by atoms with E-state index >= 15 is 0 Å². The van der Waals surface area contributed by atoms with Crippen molar-refractivity contribution in [3.8, 4) is 0 Å². The van der Waals surface area contributed by atoms with Crippen LogP contribution in [-0.4, -0.2) is 22.1 Å². The normalized spacial score (nSPS) is 10.8. The zero-order chi connectivity index (χ0) is 16.9. The molecule has 0 radical (unpaired) electrons. The van der Waals surface area contributed by atoms with Gasteiger partial charge in [0, 0.05) is 36.6 Å². The molecule has 2 heterocycles. The topological polar surface area (TPSA) is 59.0 Å². The molecule has 0 atom stereocenters. The van der Waals surface area contributed by atoms with E-state index in [1.165, 1.54) is 0 Å². The van der Waals surface area contributed by atoms with E-state index in [1.54, 1.807) is 24.4 Å². The van der Waals surface area contributed by atoms with Gasteiger partial charge in [0.15, 0.2) is 0 Å². The Labute approximate surface area is 149 Å². The van der Waals surface area contributed by atoms with Gasteiger partial charge in [0.1, 0.15) is 5.65 Å². The number of carbonyl (C=O) groups excluding carboxylic acids is 1. The van der Waals surface area contributed by atoms with Crippen LogP contribution in [0, 0.1) is 0 Å². The predicted molar refractivity (Wildman–Crippen MR) is 97.8 cm³/mol. The van der Waals surface area contributed by atoms with Crippen LogP contribution in [0.3, 0.4) is 0 Å². The molecule has 0 aliphatic heterocycles. The van der Waals surface area contributed by atoms with Crippen LogP contribution in [0.4, 0.5) is 10.5 Å². The van der Waals surface area contributed by atoms with Crippen LogP contribution < -0.4 is 10.6 Å². The van der Waals surface area contributed by atoms with Crippen LogP contribution in [0.2, 0.25) is 10.0 Å². The number of aromatic nitrogens is 2. The summed E-state index contributed by atoms with van der Waals surface area (Å²) in [4.78, 5) is 16.2. The molecule has 0 spiro atoms. The molecule has 0 unspecified atom stereocenters. The number of nitrogens with one attached hydrogen (secondary N) is 2. The van der Waals surface area contributed by atoms with Crippen molar-refractivity contribution >= 4 is 46.0 Å². The average Bonchev–Trinajstić information content (AvgIpc) is 2.98. The Morgan fingerprint density at radius 2 is 2.04 bits per heavy atom. The van der Waals surface area contributed by atoms with Crippen LogP contribution >= 0.6 is 23.2 Å². The van der Waals surface area contributed by atoms with Crippen LogP contribution in [0.15, 0.2) is 48.8 Å². The average molecular weight is 363 g/mol. The van der Waals surface area contributed by atoms with E-state index in [-0.39, 0.29) is 6.03 Å². The molecule has 3 rings (SSSR count). The summed E-state index contributed by atoms with van der Waals surface area (Å²) >= 11 is 11.8. The van der Waals surface area contributed by atoms with Crippen molar-refractivity contribution in [1.29, 1.82) is 0 Å². The highest BCUT2D eigenvalue weighted by Gasteiger charge is 2.05. The number of amides is 2. The molecule has 2 N–H and O–H groups in total. The van der Waals surface area contributed by atoms with E-state index < -0.39 is 0 Å². The Kier molecular flexibility index (Phi) is 5.23. The molecule has 1 aromatic carbocycles. The smallest absolute Gasteiger partial charge is 0.319 e. The first-order valence-electron chi connectivity index (χ1n) is 7.53. The molecule has 2 amide bonds. The molecule has 0 aliphatic carbocycles. The quantitative estimate of drug-likeness (QED) is 0.653. The number of fused-ring (bicyclic) bond motifs is 1. The lowest BCUT2D eigenvalue weighted by atomic mass is 10.3. The number of aryl methyl sites for hydroxylation is 1. The molecular weight excluding hydrogens is 347 g/mol. The SMILES string of the molecule is O=C(NCCCn1ccc2cccnc21)Nc1ccc(Cl)c(Cl)c1. The van der Waals surface area contributed by atoms with E-state index in [0.29, 0.717) is 22.3 Å². The zero-order valence-electron chi connectivity index (χ0n) is 12.8. The molecule has 0 fully saturated rings. The Morgan fingerprint density at radius 3 is 2.88 bits per heavy atom. The highest BCUT2D eigenvalue weighted by Crippen LogP contribution is 2.24. The maximum atomic E-state index is 11.9. The van der Waals surface area contributed by atoms with Gasteiger partial charge in [0.05, 0.1) is 10.0 Å². The lowest BCUT2D eigenvalue weighted by Crippen LogP contribution is -2.30. The van der Waals surface area contributed by atoms with E-state index in [0.717, 1.165) is 24.0 Å². The lowest BCUT2D eigenvalue weighted by Gasteiger charge is -2.09. The van der Waals surface area contributed by atoms with Crippen LogP contribution in [-0.2, 0) is 6.54 Å². The number of carbonyl (C=O) groups is 1. The minimum absolute atomic E-state index is 0.274. The molecule has 0 bridgehead atoms. The van der Waals surface area contributed by atoms with Gasteiger partial charge in [-0.15, -0.1) is 0 Å². The molecule has 0 aliphatic rings. The molecule has 0 saturated carbocycles. The number of nitrogens with zero attached hydrogens (tertiary/aromatic N) is 2. The number of hydrogen-bond donors (Lipinski definition) is 2. The molecular formula is C17H16Cl2N4O. The monoisotopic (exact) mass is 362 g/mol. The summed E-state index contributed by atoms with van der Waals surface area (Å²) in [7, 11) is 0. The maximum absolute atomic E-state index is 11.9. The summed E-state index contributed by atoms with van der Waals surface area (Å²) < 4.78 is 2.08. The third-order valence-corrected chi connectivity index (χ3v) is 4.30. The molecule has 2 aromatic heterocycles. The first kappa shape index (κ1) is 16.6. The Morgan fingerprint density at radius 1 is 1.17 bits per heavy atom. The van der Waals surface area contributed by atoms with Gasteiger partial charge in [-0.25, -0.2) is 9.78 Å². The number of benzene rings is 1. The summed E-state index contributed by atoms with van der Waals surface area (Å²) in [6, 6.07) is 10.7. The van der Waals surface area contributed by atoms with Crippen molar-refractivity contribution in [2.75, 3.05) is 11.9 Å². The van der Waals surface area contributed by atoms with Gasteiger partial charge in [-0.05, 0) is 42.8 Å². The zero-order valence-corrected chi connectivity index (χ0v) is 14.3. The first-order chi connectivity index (χ1) is 11.6. The Bertz CT molecular complexity index is 863. The van der Waals surface area contributed by atoms with Crippen molar-refractivity contribution in [2.45, 2.75) is 13.0 Å². The van der Waals surface area contributed by atoms with Gasteiger partial charge in [-0.2, -0.15) is 0 Å². The number of rotatable bonds is 5. The second-order valence-electron chi connectivity index (χ2n) is 5.29. The lowest BCUT2D eigenvalue weighted by molar-refractivity contribution is 0.252. The standard InChI is InChI=1S/C17H16Cl2N4O/c18-14-5-4-13(11-15(14)19)22-17(24)21-8-2-9-23-10-6-12-3-1-7-20-16(12)23/h1,3-7,10-11H,2,8-9H2,(H2,21,22,24). The summed E-state index contributed by atoms with van der Waals surface area (Å²) in [6.45, 7) is 1.34. The minimum Gasteiger partial charge on any atom is -0.338 e. The molecule has 3 aromatic rings. The van der Waals surface area contributed by atoms with Crippen LogP contribution in [0.25, 0.3) is 11.0 Å². The number of halogens is 2. The van der Waals surface area contributed by atoms with Crippen molar-refractivity contribution in [1.82, 2.24) is 14.9 Å². The minimum atomic E-state index is -0.274. The maximum Gasteiger partial charge on any atom is 0.319 e. The second-order valence-corrected chi connectivity index (χ2v) is 6.10. The fraction of sp³-hybridized carbons (Fsp3) is 0.176. The fourth-order valence-electron chi connectivity index (χ4n) is 2.40. The number of urea groups is 1. The van der Waals surface area contributed by atoms with Crippen molar-refractivity contribution < 1.29 is 4.79 Å². The Hall–Kier alpha value is -2.24. The predicted octanol–water partition coefficient (Wildman–Crippen LogP) is 4.55. The number of hydrogen-bond acceptors (Lipinski definition) is 2. The molecule has 7 heteroatoms. The number of pyridine rings is 1. The van der Waals surface area contributed by atoms with Gasteiger partial charge in [0.25, 0.3) is 0 Å². The van der Waals surface area contributed by atoms with Crippen molar-refractivity contribution in [2.24, 2.45) is 0 Å². The second kappa shape index (κ2) is 7.55. The molecule has 5 nitrogen and oxygen atoms in total. The third-order valence-electron chi connectivity index (χ3n) is 3.56. The van der Waals surface area contributed by atoms with Gasteiger partial charge >= 0.3 is 6.03 Å². The van der Waals surface area contributed by atoms with Gasteiger partial charge < -0.3 is 15.2 Å². The summed E-state index contributed by atoms with van der Waals surface area (Å²) in [5.74, 6) is 0. The van der Waals surface area contributed by atoms with E-state index in [1.807, 2.05) is 24.4 Å². The van der Waals surface area contributed by atoms with Crippen LogP contribution in [0.5, 0.6) is 0 Å². The molecule has 0 saturated heterocycles.